The standard InChI is InChI=1S/C10H18N4O/c1-3-5-6-8-12-9(11)14-10(13-8)15-7-4-2/h3-7H2,1-2H3,(H2,11,12,13,14). The van der Waals surface area contributed by atoms with Crippen molar-refractivity contribution in [1.82, 2.24) is 15.0 Å². The van der Waals surface area contributed by atoms with Gasteiger partial charge in [0.05, 0.1) is 6.61 Å². The zero-order valence-electron chi connectivity index (χ0n) is 9.36. The molecule has 0 aromatic carbocycles. The van der Waals surface area contributed by atoms with Crippen LogP contribution < -0.4 is 10.5 Å². The van der Waals surface area contributed by atoms with E-state index in [-0.39, 0.29) is 5.95 Å². The lowest BCUT2D eigenvalue weighted by molar-refractivity contribution is 0.290. The van der Waals surface area contributed by atoms with E-state index in [0.717, 1.165) is 31.5 Å². The summed E-state index contributed by atoms with van der Waals surface area (Å²) in [5.41, 5.74) is 5.56. The third-order valence-electron chi connectivity index (χ3n) is 1.87. The first-order valence-corrected chi connectivity index (χ1v) is 5.39. The minimum atomic E-state index is 0.238. The summed E-state index contributed by atoms with van der Waals surface area (Å²) in [5, 5.41) is 0. The lowest BCUT2D eigenvalue weighted by Gasteiger charge is -2.05. The van der Waals surface area contributed by atoms with Crippen molar-refractivity contribution in [2.24, 2.45) is 0 Å². The van der Waals surface area contributed by atoms with Crippen molar-refractivity contribution in [1.29, 1.82) is 0 Å². The quantitative estimate of drug-likeness (QED) is 0.771. The molecule has 0 amide bonds. The van der Waals surface area contributed by atoms with Gasteiger partial charge in [-0.2, -0.15) is 15.0 Å². The predicted octanol–water partition coefficient (Wildman–Crippen LogP) is 1.59. The summed E-state index contributed by atoms with van der Waals surface area (Å²) >= 11 is 0. The summed E-state index contributed by atoms with van der Waals surface area (Å²) in [6, 6.07) is 0.343. The van der Waals surface area contributed by atoms with Crippen LogP contribution >= 0.6 is 0 Å². The summed E-state index contributed by atoms with van der Waals surface area (Å²) < 4.78 is 5.31. The molecule has 0 aliphatic carbocycles. The highest BCUT2D eigenvalue weighted by Gasteiger charge is 2.04. The van der Waals surface area contributed by atoms with Gasteiger partial charge in [-0.3, -0.25) is 0 Å². The molecule has 5 nitrogen and oxygen atoms in total. The van der Waals surface area contributed by atoms with Gasteiger partial charge in [-0.25, -0.2) is 0 Å². The Morgan fingerprint density at radius 2 is 1.93 bits per heavy atom. The molecule has 0 saturated heterocycles. The van der Waals surface area contributed by atoms with Gasteiger partial charge in [0.15, 0.2) is 0 Å². The summed E-state index contributed by atoms with van der Waals surface area (Å²) in [4.78, 5) is 12.2. The maximum absolute atomic E-state index is 5.56. The summed E-state index contributed by atoms with van der Waals surface area (Å²) in [6.45, 7) is 4.76. The fourth-order valence-corrected chi connectivity index (χ4v) is 1.12. The van der Waals surface area contributed by atoms with Crippen LogP contribution in [0.4, 0.5) is 5.95 Å². The lowest BCUT2D eigenvalue weighted by atomic mass is 10.2. The largest absolute Gasteiger partial charge is 0.463 e. The second-order valence-corrected chi connectivity index (χ2v) is 3.34. The average molecular weight is 210 g/mol. The monoisotopic (exact) mass is 210 g/mol. The van der Waals surface area contributed by atoms with Crippen molar-refractivity contribution in [2.45, 2.75) is 39.5 Å². The minimum absolute atomic E-state index is 0.238. The normalized spacial score (nSPS) is 10.3. The molecule has 0 radical (unpaired) electrons. The molecule has 15 heavy (non-hydrogen) atoms. The van der Waals surface area contributed by atoms with E-state index in [1.165, 1.54) is 0 Å². The molecule has 1 heterocycles. The molecule has 2 N–H and O–H groups in total. The second-order valence-electron chi connectivity index (χ2n) is 3.34. The van der Waals surface area contributed by atoms with Gasteiger partial charge in [0.2, 0.25) is 5.95 Å². The smallest absolute Gasteiger partial charge is 0.321 e. The van der Waals surface area contributed by atoms with Gasteiger partial charge in [0.25, 0.3) is 0 Å². The Kier molecular flexibility index (Phi) is 4.80. The highest BCUT2D eigenvalue weighted by molar-refractivity contribution is 5.18. The fraction of sp³-hybridized carbons (Fsp3) is 0.700. The predicted molar refractivity (Wildman–Crippen MR) is 58.6 cm³/mol. The van der Waals surface area contributed by atoms with Gasteiger partial charge in [-0.1, -0.05) is 20.3 Å². The highest BCUT2D eigenvalue weighted by atomic mass is 16.5. The number of aryl methyl sites for hydroxylation is 1. The van der Waals surface area contributed by atoms with Gasteiger partial charge in [0, 0.05) is 6.42 Å². The van der Waals surface area contributed by atoms with Gasteiger partial charge in [0.1, 0.15) is 5.82 Å². The number of hydrogen-bond acceptors (Lipinski definition) is 5. The topological polar surface area (TPSA) is 73.9 Å². The van der Waals surface area contributed by atoms with Crippen molar-refractivity contribution < 1.29 is 4.74 Å². The minimum Gasteiger partial charge on any atom is -0.463 e. The van der Waals surface area contributed by atoms with Crippen molar-refractivity contribution in [3.8, 4) is 6.01 Å². The van der Waals surface area contributed by atoms with Gasteiger partial charge < -0.3 is 10.5 Å². The van der Waals surface area contributed by atoms with Crippen LogP contribution in [0.5, 0.6) is 6.01 Å². The molecule has 0 spiro atoms. The highest BCUT2D eigenvalue weighted by Crippen LogP contribution is 2.07. The molecule has 0 fully saturated rings. The maximum Gasteiger partial charge on any atom is 0.321 e. The van der Waals surface area contributed by atoms with E-state index in [1.807, 2.05) is 6.92 Å². The van der Waals surface area contributed by atoms with E-state index in [4.69, 9.17) is 10.5 Å². The molecule has 1 rings (SSSR count). The number of nitrogens with zero attached hydrogens (tertiary/aromatic N) is 3. The molecule has 0 atom stereocenters. The second kappa shape index (κ2) is 6.16. The Hall–Kier alpha value is -1.39. The molecule has 5 heteroatoms. The van der Waals surface area contributed by atoms with Crippen molar-refractivity contribution in [2.75, 3.05) is 12.3 Å². The molecule has 1 aromatic rings. The Labute approximate surface area is 90.1 Å². The number of anilines is 1. The van der Waals surface area contributed by atoms with Crippen LogP contribution in [0.25, 0.3) is 0 Å². The third-order valence-corrected chi connectivity index (χ3v) is 1.87. The van der Waals surface area contributed by atoms with E-state index in [2.05, 4.69) is 21.9 Å². The van der Waals surface area contributed by atoms with Crippen LogP contribution in [0.2, 0.25) is 0 Å². The molecule has 0 saturated carbocycles. The van der Waals surface area contributed by atoms with Crippen molar-refractivity contribution >= 4 is 5.95 Å². The van der Waals surface area contributed by atoms with Crippen LogP contribution in [-0.4, -0.2) is 21.6 Å². The number of ether oxygens (including phenoxy) is 1. The van der Waals surface area contributed by atoms with E-state index < -0.39 is 0 Å². The molecule has 0 aliphatic rings. The van der Waals surface area contributed by atoms with E-state index in [1.54, 1.807) is 0 Å². The molecule has 0 bridgehead atoms. The molecular formula is C10H18N4O. The zero-order valence-corrected chi connectivity index (χ0v) is 9.36. The maximum atomic E-state index is 5.56. The number of nitrogen functional groups attached to an aromatic ring is 1. The van der Waals surface area contributed by atoms with Crippen LogP contribution in [0, 0.1) is 0 Å². The van der Waals surface area contributed by atoms with Crippen molar-refractivity contribution in [3.05, 3.63) is 5.82 Å². The van der Waals surface area contributed by atoms with Crippen LogP contribution in [-0.2, 0) is 6.42 Å². The molecule has 0 aliphatic heterocycles. The first-order valence-electron chi connectivity index (χ1n) is 5.39. The fourth-order valence-electron chi connectivity index (χ4n) is 1.12. The Bertz CT molecular complexity index is 277. The molecular weight excluding hydrogens is 192 g/mol. The summed E-state index contributed by atoms with van der Waals surface area (Å²) in [5.74, 6) is 0.956. The Balaban J connectivity index is 2.66. The Morgan fingerprint density at radius 3 is 2.60 bits per heavy atom. The lowest BCUT2D eigenvalue weighted by Crippen LogP contribution is -2.07. The number of aromatic nitrogens is 3. The molecule has 0 unspecified atom stereocenters. The number of rotatable bonds is 6. The van der Waals surface area contributed by atoms with Crippen LogP contribution in [0.3, 0.4) is 0 Å². The number of hydrogen-bond donors (Lipinski definition) is 1. The average Bonchev–Trinajstić information content (AvgIpc) is 2.23. The molecule has 1 aromatic heterocycles. The third kappa shape index (κ3) is 4.10. The summed E-state index contributed by atoms with van der Waals surface area (Å²) in [7, 11) is 0. The Morgan fingerprint density at radius 1 is 1.13 bits per heavy atom. The zero-order chi connectivity index (χ0) is 11.1. The van der Waals surface area contributed by atoms with Crippen LogP contribution in [0.1, 0.15) is 38.9 Å². The number of nitrogens with two attached hydrogens (primary N) is 1. The van der Waals surface area contributed by atoms with Crippen molar-refractivity contribution in [3.63, 3.8) is 0 Å². The van der Waals surface area contributed by atoms with Gasteiger partial charge in [-0.05, 0) is 12.8 Å². The SMILES string of the molecule is CCCCc1nc(N)nc(OCCC)n1. The first kappa shape index (κ1) is 11.7. The van der Waals surface area contributed by atoms with E-state index in [9.17, 15) is 0 Å². The van der Waals surface area contributed by atoms with Crippen LogP contribution in [0.15, 0.2) is 0 Å². The van der Waals surface area contributed by atoms with Gasteiger partial charge >= 0.3 is 6.01 Å². The molecule has 84 valence electrons. The van der Waals surface area contributed by atoms with E-state index >= 15 is 0 Å². The number of unbranched alkanes of at least 4 members (excludes halogenated alkanes) is 1. The van der Waals surface area contributed by atoms with Gasteiger partial charge in [-0.15, -0.1) is 0 Å². The summed E-state index contributed by atoms with van der Waals surface area (Å²) in [6.07, 6.45) is 3.91. The first-order chi connectivity index (χ1) is 7.26. The van der Waals surface area contributed by atoms with E-state index in [0.29, 0.717) is 12.6 Å².